The molecule has 0 atom stereocenters. The van der Waals surface area contributed by atoms with Gasteiger partial charge in [-0.15, -0.1) is 0 Å². The second kappa shape index (κ2) is 6.48. The maximum atomic E-state index is 5.93. The smallest absolute Gasteiger partial charge is 0.144 e. The Labute approximate surface area is 94.8 Å². The van der Waals surface area contributed by atoms with E-state index in [0.29, 0.717) is 16.5 Å². The van der Waals surface area contributed by atoms with E-state index in [1.165, 1.54) is 0 Å². The fourth-order valence-corrected chi connectivity index (χ4v) is 1.35. The molecule has 1 aromatic rings. The van der Waals surface area contributed by atoms with Crippen LogP contribution in [0.15, 0.2) is 12.3 Å². The van der Waals surface area contributed by atoms with Gasteiger partial charge in [0, 0.05) is 19.8 Å². The first-order valence-corrected chi connectivity index (χ1v) is 5.34. The second-order valence-corrected chi connectivity index (χ2v) is 3.48. The van der Waals surface area contributed by atoms with Gasteiger partial charge in [0.25, 0.3) is 0 Å². The number of halogens is 1. The highest BCUT2D eigenvalue weighted by molar-refractivity contribution is 6.33. The maximum absolute atomic E-state index is 5.93. The van der Waals surface area contributed by atoms with Crippen LogP contribution in [0.1, 0.15) is 13.3 Å². The van der Waals surface area contributed by atoms with Crippen molar-refractivity contribution in [3.8, 4) is 0 Å². The fourth-order valence-electron chi connectivity index (χ4n) is 1.11. The summed E-state index contributed by atoms with van der Waals surface area (Å²) in [7, 11) is 0. The summed E-state index contributed by atoms with van der Waals surface area (Å²) >= 11 is 5.93. The fraction of sp³-hybridized carbons (Fsp3) is 0.500. The van der Waals surface area contributed by atoms with E-state index in [2.05, 4.69) is 10.3 Å². The molecule has 1 heterocycles. The van der Waals surface area contributed by atoms with Crippen LogP contribution in [0.25, 0.3) is 0 Å². The van der Waals surface area contributed by atoms with Gasteiger partial charge in [0.1, 0.15) is 5.82 Å². The van der Waals surface area contributed by atoms with E-state index in [4.69, 9.17) is 22.1 Å². The summed E-state index contributed by atoms with van der Waals surface area (Å²) in [4.78, 5) is 4.09. The molecule has 1 rings (SSSR count). The number of anilines is 2. The lowest BCUT2D eigenvalue weighted by atomic mass is 10.4. The number of nitrogens with zero attached hydrogens (tertiary/aromatic N) is 1. The Bertz CT molecular complexity index is 307. The quantitative estimate of drug-likeness (QED) is 0.734. The number of nitrogens with two attached hydrogens (primary N) is 1. The largest absolute Gasteiger partial charge is 0.397 e. The van der Waals surface area contributed by atoms with Crippen LogP contribution in [0.2, 0.25) is 5.02 Å². The molecule has 4 nitrogen and oxygen atoms in total. The average molecular weight is 230 g/mol. The van der Waals surface area contributed by atoms with Gasteiger partial charge in [-0.25, -0.2) is 4.98 Å². The zero-order chi connectivity index (χ0) is 11.1. The summed E-state index contributed by atoms with van der Waals surface area (Å²) in [5.74, 6) is 0.669. The number of ether oxygens (including phenoxy) is 1. The Morgan fingerprint density at radius 1 is 1.60 bits per heavy atom. The third-order valence-electron chi connectivity index (χ3n) is 1.82. The first-order valence-electron chi connectivity index (χ1n) is 4.96. The molecule has 0 aliphatic rings. The molecule has 0 unspecified atom stereocenters. The molecule has 0 radical (unpaired) electrons. The lowest BCUT2D eigenvalue weighted by Crippen LogP contribution is -2.07. The summed E-state index contributed by atoms with van der Waals surface area (Å²) < 4.78 is 5.21. The number of pyridine rings is 1. The molecule has 0 fully saturated rings. The molecule has 0 saturated carbocycles. The van der Waals surface area contributed by atoms with Gasteiger partial charge < -0.3 is 15.8 Å². The van der Waals surface area contributed by atoms with Gasteiger partial charge in [-0.2, -0.15) is 0 Å². The van der Waals surface area contributed by atoms with Crippen molar-refractivity contribution in [2.45, 2.75) is 13.3 Å². The number of hydrogen-bond donors (Lipinski definition) is 2. The van der Waals surface area contributed by atoms with Crippen molar-refractivity contribution in [3.05, 3.63) is 17.3 Å². The predicted octanol–water partition coefficient (Wildman–Crippen LogP) is 2.16. The van der Waals surface area contributed by atoms with Crippen LogP contribution < -0.4 is 11.1 Å². The first kappa shape index (κ1) is 12.1. The van der Waals surface area contributed by atoms with E-state index in [-0.39, 0.29) is 0 Å². The van der Waals surface area contributed by atoms with Gasteiger partial charge >= 0.3 is 0 Å². The third-order valence-corrected chi connectivity index (χ3v) is 2.11. The van der Waals surface area contributed by atoms with Crippen molar-refractivity contribution in [1.29, 1.82) is 0 Å². The maximum Gasteiger partial charge on any atom is 0.144 e. The van der Waals surface area contributed by atoms with Crippen molar-refractivity contribution in [3.63, 3.8) is 0 Å². The number of rotatable bonds is 6. The lowest BCUT2D eigenvalue weighted by Gasteiger charge is -2.07. The molecule has 0 aromatic carbocycles. The van der Waals surface area contributed by atoms with Crippen LogP contribution in [-0.2, 0) is 4.74 Å². The van der Waals surface area contributed by atoms with E-state index in [1.807, 2.05) is 6.92 Å². The Balaban J connectivity index is 2.31. The zero-order valence-electron chi connectivity index (χ0n) is 8.79. The molecular formula is C10H16ClN3O. The lowest BCUT2D eigenvalue weighted by molar-refractivity contribution is 0.147. The van der Waals surface area contributed by atoms with E-state index in [9.17, 15) is 0 Å². The van der Waals surface area contributed by atoms with Gasteiger partial charge in [0.2, 0.25) is 0 Å². The molecule has 0 saturated heterocycles. The van der Waals surface area contributed by atoms with E-state index in [0.717, 1.165) is 26.2 Å². The van der Waals surface area contributed by atoms with Crippen LogP contribution in [0.4, 0.5) is 11.5 Å². The minimum absolute atomic E-state index is 0.548. The molecule has 3 N–H and O–H groups in total. The van der Waals surface area contributed by atoms with Crippen molar-refractivity contribution < 1.29 is 4.74 Å². The van der Waals surface area contributed by atoms with Gasteiger partial charge in [0.05, 0.1) is 16.9 Å². The molecule has 0 spiro atoms. The third kappa shape index (κ3) is 4.36. The molecule has 15 heavy (non-hydrogen) atoms. The van der Waals surface area contributed by atoms with Crippen LogP contribution in [0.5, 0.6) is 0 Å². The molecule has 0 aliphatic heterocycles. The molecule has 5 heteroatoms. The highest BCUT2D eigenvalue weighted by Crippen LogP contribution is 2.20. The molecule has 0 bridgehead atoms. The Hall–Kier alpha value is -1.00. The summed E-state index contributed by atoms with van der Waals surface area (Å²) in [5, 5.41) is 3.67. The van der Waals surface area contributed by atoms with E-state index < -0.39 is 0 Å². The summed E-state index contributed by atoms with van der Waals surface area (Å²) in [5.41, 5.74) is 6.10. The van der Waals surface area contributed by atoms with Crippen LogP contribution >= 0.6 is 11.6 Å². The first-order chi connectivity index (χ1) is 7.24. The average Bonchev–Trinajstić information content (AvgIpc) is 2.20. The Kier molecular flexibility index (Phi) is 5.21. The van der Waals surface area contributed by atoms with Crippen LogP contribution in [-0.4, -0.2) is 24.7 Å². The van der Waals surface area contributed by atoms with Crippen molar-refractivity contribution >= 4 is 23.1 Å². The molecule has 0 aliphatic carbocycles. The van der Waals surface area contributed by atoms with Crippen molar-refractivity contribution in [2.24, 2.45) is 0 Å². The highest BCUT2D eigenvalue weighted by Gasteiger charge is 2.00. The second-order valence-electron chi connectivity index (χ2n) is 3.08. The van der Waals surface area contributed by atoms with E-state index >= 15 is 0 Å². The number of hydrogen-bond acceptors (Lipinski definition) is 4. The standard InChI is InChI=1S/C10H16ClN3O/c1-2-15-5-3-4-13-10-9(11)6-8(12)7-14-10/h6-7H,2-5,12H2,1H3,(H,13,14). The highest BCUT2D eigenvalue weighted by atomic mass is 35.5. The van der Waals surface area contributed by atoms with Gasteiger partial charge in [-0.05, 0) is 19.4 Å². The summed E-state index contributed by atoms with van der Waals surface area (Å²) in [6, 6.07) is 1.68. The predicted molar refractivity (Wildman–Crippen MR) is 63.3 cm³/mol. The van der Waals surface area contributed by atoms with Gasteiger partial charge in [-0.1, -0.05) is 11.6 Å². The number of aromatic nitrogens is 1. The number of nitrogens with one attached hydrogen (secondary N) is 1. The number of nitrogen functional groups attached to an aromatic ring is 1. The molecule has 0 amide bonds. The van der Waals surface area contributed by atoms with Crippen molar-refractivity contribution in [1.82, 2.24) is 4.98 Å². The van der Waals surface area contributed by atoms with Gasteiger partial charge in [0.15, 0.2) is 0 Å². The minimum atomic E-state index is 0.548. The van der Waals surface area contributed by atoms with Crippen molar-refractivity contribution in [2.75, 3.05) is 30.8 Å². The SMILES string of the molecule is CCOCCCNc1ncc(N)cc1Cl. The zero-order valence-corrected chi connectivity index (χ0v) is 9.55. The topological polar surface area (TPSA) is 60.2 Å². The summed E-state index contributed by atoms with van der Waals surface area (Å²) in [6.45, 7) is 4.26. The van der Waals surface area contributed by atoms with Gasteiger partial charge in [-0.3, -0.25) is 0 Å². The van der Waals surface area contributed by atoms with Crippen LogP contribution in [0.3, 0.4) is 0 Å². The monoisotopic (exact) mass is 229 g/mol. The minimum Gasteiger partial charge on any atom is -0.397 e. The Morgan fingerprint density at radius 2 is 2.40 bits per heavy atom. The van der Waals surface area contributed by atoms with E-state index in [1.54, 1.807) is 12.3 Å². The molecular weight excluding hydrogens is 214 g/mol. The molecule has 84 valence electrons. The summed E-state index contributed by atoms with van der Waals surface area (Å²) in [6.07, 6.45) is 2.51. The van der Waals surface area contributed by atoms with Crippen LogP contribution in [0, 0.1) is 0 Å². The normalized spacial score (nSPS) is 10.3. The Morgan fingerprint density at radius 3 is 3.07 bits per heavy atom. The molecule has 1 aromatic heterocycles.